The van der Waals surface area contributed by atoms with Gasteiger partial charge < -0.3 is 24.8 Å². The van der Waals surface area contributed by atoms with Crippen LogP contribution in [0.2, 0.25) is 0 Å². The number of carbonyl (C=O) groups excluding carboxylic acids is 3. The van der Waals surface area contributed by atoms with Crippen molar-refractivity contribution in [1.82, 2.24) is 15.5 Å². The van der Waals surface area contributed by atoms with Gasteiger partial charge in [-0.1, -0.05) is 25.8 Å². The maximum atomic E-state index is 13.2. The molecule has 2 unspecified atom stereocenters. The largest absolute Gasteiger partial charge is 0.454 e. The molecule has 1 aromatic carbocycles. The Balaban J connectivity index is 1.27. The molecule has 4 aliphatic rings. The van der Waals surface area contributed by atoms with Crippen molar-refractivity contribution in [2.45, 2.75) is 56.4 Å². The first kappa shape index (κ1) is 22.0. The van der Waals surface area contributed by atoms with Gasteiger partial charge in [-0.2, -0.15) is 0 Å². The number of ether oxygens (including phenoxy) is 3. The zero-order valence-electron chi connectivity index (χ0n) is 19.0. The molecule has 3 fully saturated rings. The Morgan fingerprint density at radius 3 is 2.73 bits per heavy atom. The fourth-order valence-corrected chi connectivity index (χ4v) is 5.66. The normalized spacial score (nSPS) is 28.2. The van der Waals surface area contributed by atoms with Crippen molar-refractivity contribution in [3.05, 3.63) is 23.8 Å². The van der Waals surface area contributed by atoms with Gasteiger partial charge in [0.2, 0.25) is 12.7 Å². The Labute approximate surface area is 193 Å². The molecule has 3 heterocycles. The maximum absolute atomic E-state index is 13.2. The molecule has 1 aliphatic carbocycles. The number of fused-ring (bicyclic) bond motifs is 1. The van der Waals surface area contributed by atoms with Crippen molar-refractivity contribution < 1.29 is 28.6 Å². The van der Waals surface area contributed by atoms with Crippen LogP contribution in [0.1, 0.15) is 51.0 Å². The van der Waals surface area contributed by atoms with Crippen molar-refractivity contribution in [3.63, 3.8) is 0 Å². The number of imide groups is 1. The molecule has 0 radical (unpaired) electrons. The molecular weight excluding hydrogens is 426 g/mol. The third kappa shape index (κ3) is 3.82. The molecule has 33 heavy (non-hydrogen) atoms. The number of amides is 4. The van der Waals surface area contributed by atoms with Gasteiger partial charge in [-0.05, 0) is 49.3 Å². The summed E-state index contributed by atoms with van der Waals surface area (Å²) in [6.45, 7) is 3.52. The van der Waals surface area contributed by atoms with Gasteiger partial charge in [0.25, 0.3) is 5.91 Å². The van der Waals surface area contributed by atoms with Crippen LogP contribution >= 0.6 is 0 Å². The van der Waals surface area contributed by atoms with E-state index in [4.69, 9.17) is 14.2 Å². The van der Waals surface area contributed by atoms with Gasteiger partial charge in [0.05, 0.1) is 0 Å². The molecule has 1 spiro atoms. The summed E-state index contributed by atoms with van der Waals surface area (Å²) >= 11 is 0. The number of benzene rings is 1. The van der Waals surface area contributed by atoms with E-state index in [1.54, 1.807) is 0 Å². The van der Waals surface area contributed by atoms with E-state index >= 15 is 0 Å². The highest BCUT2D eigenvalue weighted by molar-refractivity contribution is 6.09. The van der Waals surface area contributed by atoms with Crippen molar-refractivity contribution in [2.75, 3.05) is 33.1 Å². The van der Waals surface area contributed by atoms with E-state index in [9.17, 15) is 14.4 Å². The van der Waals surface area contributed by atoms with Gasteiger partial charge in [0.1, 0.15) is 12.1 Å². The second-order valence-electron chi connectivity index (χ2n) is 9.68. The number of nitrogens with zero attached hydrogens (tertiary/aromatic N) is 1. The molecule has 2 atom stereocenters. The second kappa shape index (κ2) is 8.52. The van der Waals surface area contributed by atoms with Crippen LogP contribution in [-0.2, 0) is 19.7 Å². The molecule has 2 saturated heterocycles. The Bertz CT molecular complexity index is 960. The average molecular weight is 458 g/mol. The van der Waals surface area contributed by atoms with Crippen molar-refractivity contribution in [2.24, 2.45) is 5.92 Å². The molecule has 5 rings (SSSR count). The number of nitrogens with one attached hydrogen (secondary N) is 2. The summed E-state index contributed by atoms with van der Waals surface area (Å²) in [5.41, 5.74) is -0.115. The standard InChI is InChI=1S/C24H31N3O6/c1-16-4-2-3-7-24(16)21(29)27(22(30)26-24)13-20(28)25-14-23(8-10-31-11-9-23)17-5-6-18-19(12-17)33-15-32-18/h5-6,12,16H,2-4,7-11,13-15H2,1H3,(H,25,28)(H,26,30). The Kier molecular flexibility index (Phi) is 5.68. The lowest BCUT2D eigenvalue weighted by molar-refractivity contribution is -0.137. The van der Waals surface area contributed by atoms with Crippen molar-refractivity contribution in [1.29, 1.82) is 0 Å². The molecule has 0 bridgehead atoms. The summed E-state index contributed by atoms with van der Waals surface area (Å²) in [5.74, 6) is 0.870. The monoisotopic (exact) mass is 457 g/mol. The Hall–Kier alpha value is -2.81. The minimum atomic E-state index is -0.857. The van der Waals surface area contributed by atoms with E-state index in [1.165, 1.54) is 0 Å². The highest BCUT2D eigenvalue weighted by Crippen LogP contribution is 2.41. The third-order valence-corrected chi connectivity index (χ3v) is 7.86. The third-order valence-electron chi connectivity index (χ3n) is 7.86. The molecule has 1 aromatic rings. The first-order valence-electron chi connectivity index (χ1n) is 11.8. The maximum Gasteiger partial charge on any atom is 0.325 e. The highest BCUT2D eigenvalue weighted by atomic mass is 16.7. The van der Waals surface area contributed by atoms with Gasteiger partial charge >= 0.3 is 6.03 Å². The lowest BCUT2D eigenvalue weighted by Gasteiger charge is -2.38. The van der Waals surface area contributed by atoms with Crippen LogP contribution < -0.4 is 20.1 Å². The summed E-state index contributed by atoms with van der Waals surface area (Å²) in [4.78, 5) is 39.7. The highest BCUT2D eigenvalue weighted by Gasteiger charge is 2.55. The van der Waals surface area contributed by atoms with Gasteiger partial charge in [-0.15, -0.1) is 0 Å². The molecule has 3 aliphatic heterocycles. The van der Waals surface area contributed by atoms with Crippen LogP contribution in [0.25, 0.3) is 0 Å². The van der Waals surface area contributed by atoms with Crippen LogP contribution in [0.15, 0.2) is 18.2 Å². The molecule has 0 aromatic heterocycles. The molecule has 2 N–H and O–H groups in total. The zero-order chi connectivity index (χ0) is 23.1. The quantitative estimate of drug-likeness (QED) is 0.656. The predicted octanol–water partition coefficient (Wildman–Crippen LogP) is 2.08. The van der Waals surface area contributed by atoms with E-state index in [0.717, 1.165) is 48.3 Å². The predicted molar refractivity (Wildman–Crippen MR) is 118 cm³/mol. The summed E-state index contributed by atoms with van der Waals surface area (Å²) in [5, 5.41) is 5.89. The van der Waals surface area contributed by atoms with E-state index in [-0.39, 0.29) is 36.5 Å². The van der Waals surface area contributed by atoms with E-state index in [1.807, 2.05) is 25.1 Å². The Morgan fingerprint density at radius 1 is 1.15 bits per heavy atom. The zero-order valence-corrected chi connectivity index (χ0v) is 19.0. The van der Waals surface area contributed by atoms with Gasteiger partial charge in [0.15, 0.2) is 11.5 Å². The molecule has 178 valence electrons. The number of hydrogen-bond acceptors (Lipinski definition) is 6. The lowest BCUT2D eigenvalue weighted by atomic mass is 9.73. The van der Waals surface area contributed by atoms with E-state index in [2.05, 4.69) is 10.6 Å². The van der Waals surface area contributed by atoms with Crippen molar-refractivity contribution >= 4 is 17.8 Å². The number of urea groups is 1. The fourth-order valence-electron chi connectivity index (χ4n) is 5.66. The Morgan fingerprint density at radius 2 is 1.94 bits per heavy atom. The average Bonchev–Trinajstić information content (AvgIpc) is 3.39. The van der Waals surface area contributed by atoms with Crippen molar-refractivity contribution in [3.8, 4) is 11.5 Å². The number of rotatable bonds is 5. The fraction of sp³-hybridized carbons (Fsp3) is 0.625. The van der Waals surface area contributed by atoms with Crippen LogP contribution in [0.5, 0.6) is 11.5 Å². The molecule has 1 saturated carbocycles. The first-order valence-corrected chi connectivity index (χ1v) is 11.8. The van der Waals surface area contributed by atoms with E-state index in [0.29, 0.717) is 31.9 Å². The SMILES string of the molecule is CC1CCCCC12NC(=O)N(CC(=O)NCC1(c3ccc4c(c3)OCO4)CCOCC1)C2=O. The van der Waals surface area contributed by atoms with Crippen LogP contribution in [0, 0.1) is 5.92 Å². The molecule has 9 nitrogen and oxygen atoms in total. The minimum Gasteiger partial charge on any atom is -0.454 e. The molecule has 4 amide bonds. The van der Waals surface area contributed by atoms with Gasteiger partial charge in [-0.25, -0.2) is 4.79 Å². The molecular formula is C24H31N3O6. The van der Waals surface area contributed by atoms with Gasteiger partial charge in [0, 0.05) is 25.2 Å². The number of hydrogen-bond donors (Lipinski definition) is 2. The minimum absolute atomic E-state index is 0.0623. The summed E-state index contributed by atoms with van der Waals surface area (Å²) < 4.78 is 16.6. The van der Waals surface area contributed by atoms with Crippen LogP contribution in [-0.4, -0.2) is 61.4 Å². The summed E-state index contributed by atoms with van der Waals surface area (Å²) in [7, 11) is 0. The smallest absolute Gasteiger partial charge is 0.325 e. The first-order chi connectivity index (χ1) is 15.9. The summed E-state index contributed by atoms with van der Waals surface area (Å²) in [6.07, 6.45) is 4.97. The topological polar surface area (TPSA) is 106 Å². The van der Waals surface area contributed by atoms with Crippen LogP contribution in [0.4, 0.5) is 4.79 Å². The summed E-state index contributed by atoms with van der Waals surface area (Å²) in [6, 6.07) is 5.41. The molecule has 9 heteroatoms. The van der Waals surface area contributed by atoms with Crippen LogP contribution in [0.3, 0.4) is 0 Å². The lowest BCUT2D eigenvalue weighted by Crippen LogP contribution is -2.54. The van der Waals surface area contributed by atoms with E-state index < -0.39 is 11.6 Å². The number of carbonyl (C=O) groups is 3. The second-order valence-corrected chi connectivity index (χ2v) is 9.68. The van der Waals surface area contributed by atoms with Gasteiger partial charge in [-0.3, -0.25) is 14.5 Å².